The first-order valence-corrected chi connectivity index (χ1v) is 6.79. The van der Waals surface area contributed by atoms with E-state index in [0.717, 1.165) is 7.11 Å². The van der Waals surface area contributed by atoms with Crippen LogP contribution in [0.5, 0.6) is 5.75 Å². The van der Waals surface area contributed by atoms with Gasteiger partial charge in [-0.3, -0.25) is 9.52 Å². The Hall–Kier alpha value is -1.47. The van der Waals surface area contributed by atoms with Crippen LogP contribution in [0.1, 0.15) is 6.92 Å². The summed E-state index contributed by atoms with van der Waals surface area (Å²) < 4.78 is 30.0. The predicted octanol–water partition coefficient (Wildman–Crippen LogP) is 1.35. The van der Waals surface area contributed by atoms with Crippen molar-refractivity contribution in [3.05, 3.63) is 23.2 Å². The Morgan fingerprint density at radius 1 is 1.50 bits per heavy atom. The number of para-hydroxylation sites is 1. The Bertz CT molecular complexity index is 557. The van der Waals surface area contributed by atoms with E-state index < -0.39 is 27.0 Å². The van der Waals surface area contributed by atoms with E-state index in [9.17, 15) is 18.3 Å². The summed E-state index contributed by atoms with van der Waals surface area (Å²) in [6.45, 7) is 1.18. The number of carbonyl (C=O) groups excluding carboxylic acids is 1. The number of methoxy groups -OCH3 is 1. The number of aromatic hydroxyl groups is 1. The second-order valence-electron chi connectivity index (χ2n) is 3.45. The number of hydrogen-bond donors (Lipinski definition) is 2. The fraction of sp³-hybridized carbons (Fsp3) is 0.300. The highest BCUT2D eigenvalue weighted by atomic mass is 35.5. The number of sulfonamides is 1. The number of carbonyl (C=O) groups is 1. The Balaban J connectivity index is 3.03. The van der Waals surface area contributed by atoms with Crippen molar-refractivity contribution in [2.24, 2.45) is 0 Å². The van der Waals surface area contributed by atoms with Gasteiger partial charge in [-0.15, -0.1) is 0 Å². The third-order valence-electron chi connectivity index (χ3n) is 2.24. The number of phenols is 1. The molecule has 6 nitrogen and oxygen atoms in total. The van der Waals surface area contributed by atoms with Crippen LogP contribution in [0.3, 0.4) is 0 Å². The number of esters is 1. The number of phenolic OH excluding ortho intramolecular Hbond substituents is 1. The molecule has 1 aromatic carbocycles. The molecule has 0 fully saturated rings. The summed E-state index contributed by atoms with van der Waals surface area (Å²) in [5, 5.41) is 8.16. The van der Waals surface area contributed by atoms with Crippen molar-refractivity contribution in [1.82, 2.24) is 0 Å². The van der Waals surface area contributed by atoms with Crippen LogP contribution in [0.4, 0.5) is 5.69 Å². The lowest BCUT2D eigenvalue weighted by molar-refractivity contribution is -0.139. The summed E-state index contributed by atoms with van der Waals surface area (Å²) in [5.74, 6) is -1.30. The lowest BCUT2D eigenvalue weighted by Crippen LogP contribution is -2.33. The average molecular weight is 294 g/mol. The van der Waals surface area contributed by atoms with Crippen molar-refractivity contribution in [2.45, 2.75) is 12.2 Å². The molecule has 18 heavy (non-hydrogen) atoms. The molecule has 0 saturated heterocycles. The highest BCUT2D eigenvalue weighted by molar-refractivity contribution is 7.94. The van der Waals surface area contributed by atoms with Gasteiger partial charge in [0.25, 0.3) is 0 Å². The first kappa shape index (κ1) is 14.6. The molecule has 0 heterocycles. The van der Waals surface area contributed by atoms with Crippen LogP contribution < -0.4 is 4.72 Å². The van der Waals surface area contributed by atoms with Crippen molar-refractivity contribution in [3.63, 3.8) is 0 Å². The minimum absolute atomic E-state index is 0.000853. The highest BCUT2D eigenvalue weighted by Gasteiger charge is 2.29. The molecule has 0 bridgehead atoms. The minimum Gasteiger partial charge on any atom is -0.504 e. The molecule has 0 aliphatic carbocycles. The maximum atomic E-state index is 11.8. The fourth-order valence-electron chi connectivity index (χ4n) is 1.13. The standard InChI is InChI=1S/C10H12ClNO5S/c1-6(10(14)17-2)18(15,16)12-8-5-3-4-7(11)9(8)13/h3-6,12-13H,1-2H3. The molecule has 1 unspecified atom stereocenters. The second-order valence-corrected chi connectivity index (χ2v) is 5.86. The van der Waals surface area contributed by atoms with Crippen molar-refractivity contribution in [1.29, 1.82) is 0 Å². The summed E-state index contributed by atoms with van der Waals surface area (Å²) in [5.41, 5.74) is -0.0988. The van der Waals surface area contributed by atoms with E-state index in [1.165, 1.54) is 25.1 Å². The first-order valence-electron chi connectivity index (χ1n) is 4.86. The van der Waals surface area contributed by atoms with Gasteiger partial charge in [0.1, 0.15) is 0 Å². The van der Waals surface area contributed by atoms with E-state index in [2.05, 4.69) is 9.46 Å². The Kier molecular flexibility index (Phi) is 4.42. The number of rotatable bonds is 4. The van der Waals surface area contributed by atoms with Crippen LogP contribution in [0.15, 0.2) is 18.2 Å². The van der Waals surface area contributed by atoms with Gasteiger partial charge in [-0.2, -0.15) is 0 Å². The Morgan fingerprint density at radius 2 is 2.11 bits per heavy atom. The molecule has 1 aromatic rings. The Labute approximate surface area is 110 Å². The molecule has 1 atom stereocenters. The Morgan fingerprint density at radius 3 is 2.67 bits per heavy atom. The molecule has 0 radical (unpaired) electrons. The molecule has 0 aliphatic rings. The monoisotopic (exact) mass is 293 g/mol. The van der Waals surface area contributed by atoms with E-state index in [-0.39, 0.29) is 10.7 Å². The number of halogens is 1. The molecule has 0 saturated carbocycles. The lowest BCUT2D eigenvalue weighted by Gasteiger charge is -2.14. The zero-order valence-corrected chi connectivity index (χ0v) is 11.2. The van der Waals surface area contributed by atoms with E-state index in [1.807, 2.05) is 0 Å². The van der Waals surface area contributed by atoms with Crippen LogP contribution in [0.2, 0.25) is 5.02 Å². The molecule has 1 rings (SSSR count). The van der Waals surface area contributed by atoms with Gasteiger partial charge in [0.05, 0.1) is 17.8 Å². The number of benzene rings is 1. The van der Waals surface area contributed by atoms with Crippen LogP contribution in [-0.4, -0.2) is 31.9 Å². The third kappa shape index (κ3) is 3.05. The number of hydrogen-bond acceptors (Lipinski definition) is 5. The van der Waals surface area contributed by atoms with Gasteiger partial charge in [-0.25, -0.2) is 8.42 Å². The maximum Gasteiger partial charge on any atom is 0.325 e. The topological polar surface area (TPSA) is 92.7 Å². The summed E-state index contributed by atoms with van der Waals surface area (Å²) in [7, 11) is -2.92. The zero-order chi connectivity index (χ0) is 13.9. The van der Waals surface area contributed by atoms with Gasteiger partial charge in [0.2, 0.25) is 10.0 Å². The van der Waals surface area contributed by atoms with Gasteiger partial charge in [0, 0.05) is 0 Å². The molecule has 0 aromatic heterocycles. The summed E-state index contributed by atoms with van der Waals surface area (Å²) in [4.78, 5) is 11.2. The van der Waals surface area contributed by atoms with E-state index in [4.69, 9.17) is 11.6 Å². The van der Waals surface area contributed by atoms with Gasteiger partial charge in [0.15, 0.2) is 11.0 Å². The number of nitrogens with one attached hydrogen (secondary N) is 1. The average Bonchev–Trinajstić information content (AvgIpc) is 2.32. The highest BCUT2D eigenvalue weighted by Crippen LogP contribution is 2.32. The number of ether oxygens (including phenoxy) is 1. The lowest BCUT2D eigenvalue weighted by atomic mass is 10.3. The van der Waals surface area contributed by atoms with Crippen molar-refractivity contribution in [2.75, 3.05) is 11.8 Å². The summed E-state index contributed by atoms with van der Waals surface area (Å²) in [6.07, 6.45) is 0. The van der Waals surface area contributed by atoms with Gasteiger partial charge < -0.3 is 9.84 Å². The number of anilines is 1. The molecule has 8 heteroatoms. The zero-order valence-electron chi connectivity index (χ0n) is 9.68. The third-order valence-corrected chi connectivity index (χ3v) is 4.17. The van der Waals surface area contributed by atoms with Crippen molar-refractivity contribution >= 4 is 33.3 Å². The largest absolute Gasteiger partial charge is 0.504 e. The van der Waals surface area contributed by atoms with Crippen molar-refractivity contribution < 1.29 is 23.1 Å². The summed E-state index contributed by atoms with van der Waals surface area (Å²) >= 11 is 5.64. The van der Waals surface area contributed by atoms with E-state index in [1.54, 1.807) is 0 Å². The van der Waals surface area contributed by atoms with Gasteiger partial charge in [-0.05, 0) is 19.1 Å². The molecular weight excluding hydrogens is 282 g/mol. The SMILES string of the molecule is COC(=O)C(C)S(=O)(=O)Nc1cccc(Cl)c1O. The molecule has 0 aliphatic heterocycles. The molecule has 100 valence electrons. The second kappa shape index (κ2) is 5.45. The molecule has 2 N–H and O–H groups in total. The summed E-state index contributed by atoms with van der Waals surface area (Å²) in [6, 6.07) is 4.18. The first-order chi connectivity index (χ1) is 8.29. The minimum atomic E-state index is -4.01. The molecule has 0 spiro atoms. The maximum absolute atomic E-state index is 11.8. The van der Waals surface area contributed by atoms with E-state index >= 15 is 0 Å². The predicted molar refractivity (Wildman–Crippen MR) is 67.1 cm³/mol. The molecular formula is C10H12ClNO5S. The van der Waals surface area contributed by atoms with Gasteiger partial charge in [-0.1, -0.05) is 17.7 Å². The fourth-order valence-corrected chi connectivity index (χ4v) is 2.30. The van der Waals surface area contributed by atoms with Gasteiger partial charge >= 0.3 is 5.97 Å². The van der Waals surface area contributed by atoms with Crippen LogP contribution >= 0.6 is 11.6 Å². The normalized spacial score (nSPS) is 12.8. The van der Waals surface area contributed by atoms with Crippen LogP contribution in [0, 0.1) is 0 Å². The molecule has 0 amide bonds. The van der Waals surface area contributed by atoms with Crippen LogP contribution in [-0.2, 0) is 19.6 Å². The quantitative estimate of drug-likeness (QED) is 0.646. The van der Waals surface area contributed by atoms with E-state index in [0.29, 0.717) is 0 Å². The van der Waals surface area contributed by atoms with Crippen molar-refractivity contribution in [3.8, 4) is 5.75 Å². The smallest absolute Gasteiger partial charge is 0.325 e. The van der Waals surface area contributed by atoms with Crippen LogP contribution in [0.25, 0.3) is 0 Å².